The second-order valence-electron chi connectivity index (χ2n) is 14.3. The summed E-state index contributed by atoms with van der Waals surface area (Å²) in [5.74, 6) is 2.23. The molecule has 4 nitrogen and oxygen atoms in total. The molecule has 7 aromatic carbocycles. The highest BCUT2D eigenvalue weighted by Crippen LogP contribution is 2.45. The summed E-state index contributed by atoms with van der Waals surface area (Å²) in [5.41, 5.74) is 10.6. The molecule has 1 unspecified atom stereocenters. The first-order chi connectivity index (χ1) is 27.7. The molecule has 0 N–H and O–H groups in total. The standard InChI is InChI=1S/C51H33N3OS/c1-4-14-32(15-5-1)35-20-12-21-36(28-35)50-52-49(34-18-8-3-9-19-34)53-51(54-50)37-26-27-41-46(31-37)56-45-25-13-23-39(47(41)45)38-29-42(33-16-6-2-7-17-33)48-43(30-38)40-22-10-11-24-44(40)55-48/h1-18,20-31,34H,19H2. The van der Waals surface area contributed by atoms with Crippen LogP contribution in [0.25, 0.3) is 98.3 Å². The van der Waals surface area contributed by atoms with Gasteiger partial charge < -0.3 is 4.42 Å². The molecule has 56 heavy (non-hydrogen) atoms. The van der Waals surface area contributed by atoms with Crippen molar-refractivity contribution < 1.29 is 4.42 Å². The van der Waals surface area contributed by atoms with Crippen LogP contribution in [0.2, 0.25) is 0 Å². The van der Waals surface area contributed by atoms with E-state index in [2.05, 4.69) is 170 Å². The van der Waals surface area contributed by atoms with Crippen molar-refractivity contribution in [2.24, 2.45) is 0 Å². The largest absolute Gasteiger partial charge is 0.455 e. The molecule has 0 amide bonds. The van der Waals surface area contributed by atoms with Gasteiger partial charge in [-0.2, -0.15) is 0 Å². The number of allylic oxidation sites excluding steroid dienone is 4. The van der Waals surface area contributed by atoms with E-state index in [1.54, 1.807) is 0 Å². The van der Waals surface area contributed by atoms with E-state index >= 15 is 0 Å². The number of rotatable bonds is 6. The molecular weight excluding hydrogens is 703 g/mol. The van der Waals surface area contributed by atoms with Gasteiger partial charge in [0.25, 0.3) is 0 Å². The monoisotopic (exact) mass is 735 g/mol. The highest BCUT2D eigenvalue weighted by Gasteiger charge is 2.20. The predicted molar refractivity (Wildman–Crippen MR) is 233 cm³/mol. The number of para-hydroxylation sites is 1. The number of fused-ring (bicyclic) bond motifs is 6. The number of aromatic nitrogens is 3. The van der Waals surface area contributed by atoms with E-state index < -0.39 is 0 Å². The van der Waals surface area contributed by atoms with Crippen LogP contribution in [0.4, 0.5) is 0 Å². The lowest BCUT2D eigenvalue weighted by molar-refractivity contribution is 0.670. The Kier molecular flexibility index (Phi) is 7.78. The molecule has 1 atom stereocenters. The summed E-state index contributed by atoms with van der Waals surface area (Å²) in [6, 6.07) is 55.7. The van der Waals surface area contributed by atoms with E-state index in [9.17, 15) is 0 Å². The summed E-state index contributed by atoms with van der Waals surface area (Å²) in [7, 11) is 0. The molecule has 10 aromatic rings. The fraction of sp³-hybridized carbons (Fsp3) is 0.0392. The Balaban J connectivity index is 1.06. The molecule has 0 saturated carbocycles. The van der Waals surface area contributed by atoms with Crippen molar-refractivity contribution in [1.29, 1.82) is 0 Å². The van der Waals surface area contributed by atoms with E-state index in [1.807, 2.05) is 23.5 Å². The van der Waals surface area contributed by atoms with Gasteiger partial charge in [0.05, 0.1) is 0 Å². The third kappa shape index (κ3) is 5.64. The highest BCUT2D eigenvalue weighted by atomic mass is 32.1. The summed E-state index contributed by atoms with van der Waals surface area (Å²) < 4.78 is 8.95. The number of benzene rings is 7. The van der Waals surface area contributed by atoms with E-state index in [1.165, 1.54) is 25.7 Å². The van der Waals surface area contributed by atoms with Gasteiger partial charge in [0.15, 0.2) is 11.6 Å². The van der Waals surface area contributed by atoms with Gasteiger partial charge in [-0.15, -0.1) is 11.3 Å². The maximum Gasteiger partial charge on any atom is 0.163 e. The second kappa shape index (κ2) is 13.4. The average molecular weight is 736 g/mol. The fourth-order valence-corrected chi connectivity index (χ4v) is 9.25. The van der Waals surface area contributed by atoms with Crippen LogP contribution < -0.4 is 0 Å². The minimum Gasteiger partial charge on any atom is -0.455 e. The number of nitrogens with zero attached hydrogens (tertiary/aromatic N) is 3. The Morgan fingerprint density at radius 3 is 2.04 bits per heavy atom. The van der Waals surface area contributed by atoms with Gasteiger partial charge in [-0.25, -0.2) is 15.0 Å². The fourth-order valence-electron chi connectivity index (χ4n) is 8.08. The lowest BCUT2D eigenvalue weighted by atomic mass is 9.93. The minimum absolute atomic E-state index is 0.0823. The Bertz CT molecular complexity index is 3180. The predicted octanol–water partition coefficient (Wildman–Crippen LogP) is 14.1. The minimum atomic E-state index is 0.0823. The number of furan rings is 1. The summed E-state index contributed by atoms with van der Waals surface area (Å²) in [6.45, 7) is 0. The van der Waals surface area contributed by atoms with Crippen molar-refractivity contribution in [3.8, 4) is 56.2 Å². The first-order valence-corrected chi connectivity index (χ1v) is 19.8. The molecule has 5 heteroatoms. The molecule has 264 valence electrons. The van der Waals surface area contributed by atoms with Crippen LogP contribution in [0.3, 0.4) is 0 Å². The van der Waals surface area contributed by atoms with Crippen LogP contribution in [0.5, 0.6) is 0 Å². The highest BCUT2D eigenvalue weighted by molar-refractivity contribution is 7.26. The van der Waals surface area contributed by atoms with E-state index in [0.29, 0.717) is 11.6 Å². The molecule has 0 radical (unpaired) electrons. The molecule has 1 aliphatic carbocycles. The topological polar surface area (TPSA) is 51.8 Å². The van der Waals surface area contributed by atoms with E-state index in [0.717, 1.165) is 73.1 Å². The maximum atomic E-state index is 6.52. The van der Waals surface area contributed by atoms with Crippen molar-refractivity contribution in [1.82, 2.24) is 15.0 Å². The third-order valence-electron chi connectivity index (χ3n) is 10.8. The van der Waals surface area contributed by atoms with Gasteiger partial charge in [0.1, 0.15) is 17.0 Å². The van der Waals surface area contributed by atoms with Crippen molar-refractivity contribution >= 4 is 53.4 Å². The summed E-state index contributed by atoms with van der Waals surface area (Å²) in [5, 5.41) is 4.71. The zero-order chi connectivity index (χ0) is 37.0. The van der Waals surface area contributed by atoms with Crippen LogP contribution in [-0.2, 0) is 0 Å². The van der Waals surface area contributed by atoms with Gasteiger partial charge in [0, 0.05) is 53.6 Å². The zero-order valence-corrected chi connectivity index (χ0v) is 31.1. The molecular formula is C51H33N3OS. The molecule has 0 saturated heterocycles. The van der Waals surface area contributed by atoms with E-state index in [-0.39, 0.29) is 5.92 Å². The summed E-state index contributed by atoms with van der Waals surface area (Å²) in [6.07, 6.45) is 9.40. The van der Waals surface area contributed by atoms with Crippen molar-refractivity contribution in [3.05, 3.63) is 188 Å². The van der Waals surface area contributed by atoms with Crippen molar-refractivity contribution in [2.75, 3.05) is 0 Å². The molecule has 0 aliphatic heterocycles. The Morgan fingerprint density at radius 1 is 0.482 bits per heavy atom. The van der Waals surface area contributed by atoms with Crippen LogP contribution in [0, 0.1) is 0 Å². The molecule has 1 aliphatic rings. The summed E-state index contributed by atoms with van der Waals surface area (Å²) in [4.78, 5) is 15.4. The molecule has 0 spiro atoms. The molecule has 0 fully saturated rings. The lowest BCUT2D eigenvalue weighted by Gasteiger charge is -2.14. The second-order valence-corrected chi connectivity index (χ2v) is 15.4. The number of thiophene rings is 1. The summed E-state index contributed by atoms with van der Waals surface area (Å²) >= 11 is 1.81. The number of hydrogen-bond acceptors (Lipinski definition) is 5. The third-order valence-corrected chi connectivity index (χ3v) is 11.9. The Morgan fingerprint density at radius 2 is 1.21 bits per heavy atom. The van der Waals surface area contributed by atoms with Gasteiger partial charge in [-0.05, 0) is 70.6 Å². The maximum absolute atomic E-state index is 6.52. The zero-order valence-electron chi connectivity index (χ0n) is 30.3. The van der Waals surface area contributed by atoms with Crippen LogP contribution in [0.15, 0.2) is 186 Å². The number of hydrogen-bond donors (Lipinski definition) is 0. The molecule has 0 bridgehead atoms. The molecule has 11 rings (SSSR count). The normalized spacial score (nSPS) is 14.0. The van der Waals surface area contributed by atoms with Gasteiger partial charge in [-0.1, -0.05) is 146 Å². The van der Waals surface area contributed by atoms with Crippen LogP contribution in [-0.4, -0.2) is 15.0 Å². The smallest absolute Gasteiger partial charge is 0.163 e. The molecule has 3 aromatic heterocycles. The first-order valence-electron chi connectivity index (χ1n) is 19.0. The SMILES string of the molecule is C1=CCC(c2nc(-c3cccc(-c4ccccc4)c3)nc(-c3ccc4c(c3)sc3cccc(-c5cc(-c6ccccc6)c6oc7ccccc7c6c5)c34)n2)C=C1. The Labute approximate surface area is 327 Å². The average Bonchev–Trinajstić information content (AvgIpc) is 3.85. The van der Waals surface area contributed by atoms with Crippen LogP contribution in [0.1, 0.15) is 18.2 Å². The van der Waals surface area contributed by atoms with E-state index in [4.69, 9.17) is 19.4 Å². The van der Waals surface area contributed by atoms with Gasteiger partial charge in [-0.3, -0.25) is 0 Å². The van der Waals surface area contributed by atoms with Crippen LogP contribution >= 0.6 is 11.3 Å². The van der Waals surface area contributed by atoms with Crippen molar-refractivity contribution in [3.63, 3.8) is 0 Å². The quantitative estimate of drug-likeness (QED) is 0.171. The van der Waals surface area contributed by atoms with Gasteiger partial charge in [0.2, 0.25) is 0 Å². The van der Waals surface area contributed by atoms with Crippen molar-refractivity contribution in [2.45, 2.75) is 12.3 Å². The molecule has 3 heterocycles. The van der Waals surface area contributed by atoms with Gasteiger partial charge >= 0.3 is 0 Å². The first kappa shape index (κ1) is 32.5. The Hall–Kier alpha value is -6.95. The lowest BCUT2D eigenvalue weighted by Crippen LogP contribution is -2.07.